The Kier molecular flexibility index (Phi) is 4.64. The quantitative estimate of drug-likeness (QED) is 0.829. The Morgan fingerprint density at radius 3 is 2.44 bits per heavy atom. The standard InChI is InChI=1S/C12H21F3N2O/c1-4-6-9-16-11(3,5-2)10(18)17(9)8-7-12(13,14)15/h9,16H,4-8H2,1-3H3. The molecule has 0 aromatic heterocycles. The lowest BCUT2D eigenvalue weighted by Gasteiger charge is -2.24. The maximum atomic E-state index is 12.3. The van der Waals surface area contributed by atoms with Crippen LogP contribution in [0.15, 0.2) is 0 Å². The van der Waals surface area contributed by atoms with Crippen molar-refractivity contribution in [1.82, 2.24) is 10.2 Å². The number of hydrogen-bond donors (Lipinski definition) is 1. The number of halogens is 3. The molecule has 1 heterocycles. The van der Waals surface area contributed by atoms with Crippen LogP contribution in [-0.2, 0) is 4.79 Å². The van der Waals surface area contributed by atoms with Crippen molar-refractivity contribution in [2.45, 2.75) is 64.3 Å². The number of nitrogens with one attached hydrogen (secondary N) is 1. The largest absolute Gasteiger partial charge is 0.390 e. The first kappa shape index (κ1) is 15.3. The van der Waals surface area contributed by atoms with Gasteiger partial charge in [0, 0.05) is 6.54 Å². The molecule has 0 aromatic rings. The number of nitrogens with zero attached hydrogens (tertiary/aromatic N) is 1. The summed E-state index contributed by atoms with van der Waals surface area (Å²) in [6, 6.07) is 0. The van der Waals surface area contributed by atoms with Gasteiger partial charge in [0.2, 0.25) is 5.91 Å². The van der Waals surface area contributed by atoms with Crippen molar-refractivity contribution in [2.75, 3.05) is 6.54 Å². The van der Waals surface area contributed by atoms with Gasteiger partial charge in [-0.1, -0.05) is 20.3 Å². The fourth-order valence-electron chi connectivity index (χ4n) is 2.23. The van der Waals surface area contributed by atoms with Crippen molar-refractivity contribution < 1.29 is 18.0 Å². The minimum absolute atomic E-state index is 0.215. The van der Waals surface area contributed by atoms with E-state index in [4.69, 9.17) is 0 Å². The van der Waals surface area contributed by atoms with E-state index in [9.17, 15) is 18.0 Å². The van der Waals surface area contributed by atoms with Gasteiger partial charge in [-0.3, -0.25) is 10.1 Å². The molecule has 0 saturated carbocycles. The average Bonchev–Trinajstić information content (AvgIpc) is 2.49. The summed E-state index contributed by atoms with van der Waals surface area (Å²) in [5.74, 6) is -0.215. The minimum atomic E-state index is -4.22. The van der Waals surface area contributed by atoms with Gasteiger partial charge in [0.1, 0.15) is 0 Å². The van der Waals surface area contributed by atoms with E-state index in [1.54, 1.807) is 6.92 Å². The van der Waals surface area contributed by atoms with Gasteiger partial charge in [-0.15, -0.1) is 0 Å². The van der Waals surface area contributed by atoms with Gasteiger partial charge in [-0.2, -0.15) is 13.2 Å². The zero-order valence-corrected chi connectivity index (χ0v) is 11.1. The van der Waals surface area contributed by atoms with E-state index in [0.717, 1.165) is 6.42 Å². The molecule has 1 aliphatic heterocycles. The number of hydrogen-bond acceptors (Lipinski definition) is 2. The summed E-state index contributed by atoms with van der Waals surface area (Å²) in [5.41, 5.74) is -0.717. The lowest BCUT2D eigenvalue weighted by molar-refractivity contribution is -0.146. The van der Waals surface area contributed by atoms with Crippen LogP contribution in [0.3, 0.4) is 0 Å². The maximum Gasteiger partial charge on any atom is 0.390 e. The SMILES string of the molecule is CCCC1NC(C)(CC)C(=O)N1CCC(F)(F)F. The number of rotatable bonds is 5. The molecule has 0 aliphatic carbocycles. The molecule has 1 saturated heterocycles. The van der Waals surface area contributed by atoms with E-state index in [1.165, 1.54) is 4.90 Å². The van der Waals surface area contributed by atoms with Crippen molar-refractivity contribution in [3.05, 3.63) is 0 Å². The summed E-state index contributed by atoms with van der Waals surface area (Å²) >= 11 is 0. The zero-order chi connectivity index (χ0) is 14.0. The molecule has 1 fully saturated rings. The topological polar surface area (TPSA) is 32.3 Å². The highest BCUT2D eigenvalue weighted by Gasteiger charge is 2.46. The second-order valence-corrected chi connectivity index (χ2v) is 5.00. The number of carbonyl (C=O) groups excluding carboxylic acids is 1. The van der Waals surface area contributed by atoms with Gasteiger partial charge in [0.15, 0.2) is 0 Å². The van der Waals surface area contributed by atoms with Crippen LogP contribution < -0.4 is 5.32 Å². The van der Waals surface area contributed by atoms with E-state index in [1.807, 2.05) is 13.8 Å². The van der Waals surface area contributed by atoms with Crippen LogP contribution in [0.25, 0.3) is 0 Å². The molecule has 0 radical (unpaired) electrons. The molecule has 0 spiro atoms. The molecule has 1 aliphatic rings. The van der Waals surface area contributed by atoms with Gasteiger partial charge < -0.3 is 4.90 Å². The van der Waals surface area contributed by atoms with Crippen molar-refractivity contribution in [2.24, 2.45) is 0 Å². The highest BCUT2D eigenvalue weighted by Crippen LogP contribution is 2.28. The van der Waals surface area contributed by atoms with Crippen LogP contribution in [-0.4, -0.2) is 35.2 Å². The van der Waals surface area contributed by atoms with Gasteiger partial charge in [-0.25, -0.2) is 0 Å². The van der Waals surface area contributed by atoms with Crippen LogP contribution in [0.1, 0.15) is 46.5 Å². The minimum Gasteiger partial charge on any atom is -0.325 e. The Hall–Kier alpha value is -0.780. The third-order valence-corrected chi connectivity index (χ3v) is 3.50. The van der Waals surface area contributed by atoms with Crippen molar-refractivity contribution in [3.63, 3.8) is 0 Å². The van der Waals surface area contributed by atoms with Crippen LogP contribution in [0.5, 0.6) is 0 Å². The Bertz CT molecular complexity index is 306. The summed E-state index contributed by atoms with van der Waals surface area (Å²) in [6.07, 6.45) is -3.35. The molecule has 1 amide bonds. The molecular formula is C12H21F3N2O. The normalized spacial score (nSPS) is 29.1. The molecule has 2 unspecified atom stereocenters. The van der Waals surface area contributed by atoms with Crippen molar-refractivity contribution in [1.29, 1.82) is 0 Å². The first-order valence-electron chi connectivity index (χ1n) is 6.39. The Balaban J connectivity index is 2.75. The van der Waals surface area contributed by atoms with E-state index >= 15 is 0 Å². The fraction of sp³-hybridized carbons (Fsp3) is 0.917. The Labute approximate surface area is 106 Å². The van der Waals surface area contributed by atoms with Gasteiger partial charge in [0.25, 0.3) is 0 Å². The number of alkyl halides is 3. The molecule has 2 atom stereocenters. The highest BCUT2D eigenvalue weighted by molar-refractivity contribution is 5.88. The average molecular weight is 266 g/mol. The first-order valence-corrected chi connectivity index (χ1v) is 6.39. The molecular weight excluding hydrogens is 245 g/mol. The lowest BCUT2D eigenvalue weighted by Crippen LogP contribution is -2.43. The summed E-state index contributed by atoms with van der Waals surface area (Å²) in [4.78, 5) is 13.5. The Morgan fingerprint density at radius 2 is 2.00 bits per heavy atom. The second-order valence-electron chi connectivity index (χ2n) is 5.00. The van der Waals surface area contributed by atoms with Gasteiger partial charge >= 0.3 is 6.18 Å². The van der Waals surface area contributed by atoms with Gasteiger partial charge in [0.05, 0.1) is 18.1 Å². The first-order chi connectivity index (χ1) is 8.23. The summed E-state index contributed by atoms with van der Waals surface area (Å²) in [7, 11) is 0. The molecule has 18 heavy (non-hydrogen) atoms. The van der Waals surface area contributed by atoms with Crippen molar-refractivity contribution >= 4 is 5.91 Å². The van der Waals surface area contributed by atoms with E-state index in [0.29, 0.717) is 12.8 Å². The van der Waals surface area contributed by atoms with Crippen molar-refractivity contribution in [3.8, 4) is 0 Å². The molecule has 1 N–H and O–H groups in total. The maximum absolute atomic E-state index is 12.3. The summed E-state index contributed by atoms with van der Waals surface area (Å²) in [6.45, 7) is 5.32. The van der Waals surface area contributed by atoms with Crippen LogP contribution >= 0.6 is 0 Å². The lowest BCUT2D eigenvalue weighted by atomic mass is 9.99. The van der Waals surface area contributed by atoms with Crippen LogP contribution in [0.2, 0.25) is 0 Å². The van der Waals surface area contributed by atoms with Crippen LogP contribution in [0.4, 0.5) is 13.2 Å². The smallest absolute Gasteiger partial charge is 0.325 e. The predicted molar refractivity (Wildman–Crippen MR) is 62.9 cm³/mol. The highest BCUT2D eigenvalue weighted by atomic mass is 19.4. The number of amides is 1. The van der Waals surface area contributed by atoms with Crippen LogP contribution in [0, 0.1) is 0 Å². The van der Waals surface area contributed by atoms with Gasteiger partial charge in [-0.05, 0) is 19.8 Å². The summed E-state index contributed by atoms with van der Waals surface area (Å²) in [5, 5.41) is 3.16. The predicted octanol–water partition coefficient (Wildman–Crippen LogP) is 2.67. The van der Waals surface area contributed by atoms with E-state index < -0.39 is 18.1 Å². The molecule has 1 rings (SSSR count). The van der Waals surface area contributed by atoms with E-state index in [-0.39, 0.29) is 18.6 Å². The monoisotopic (exact) mass is 266 g/mol. The molecule has 3 nitrogen and oxygen atoms in total. The Morgan fingerprint density at radius 1 is 1.39 bits per heavy atom. The molecule has 106 valence electrons. The van der Waals surface area contributed by atoms with E-state index in [2.05, 4.69) is 5.32 Å². The third-order valence-electron chi connectivity index (χ3n) is 3.50. The summed E-state index contributed by atoms with van der Waals surface area (Å²) < 4.78 is 36.8. The second kappa shape index (κ2) is 5.47. The molecule has 0 bridgehead atoms. The fourth-order valence-corrected chi connectivity index (χ4v) is 2.23. The zero-order valence-electron chi connectivity index (χ0n) is 11.1. The molecule has 0 aromatic carbocycles. The third kappa shape index (κ3) is 3.37. The number of carbonyl (C=O) groups is 1. The molecule has 6 heteroatoms.